The first-order valence-electron chi connectivity index (χ1n) is 16.1. The van der Waals surface area contributed by atoms with Crippen LogP contribution >= 0.6 is 22.7 Å². The van der Waals surface area contributed by atoms with Crippen LogP contribution in [0.1, 0.15) is 54.2 Å². The molecule has 3 aromatic heterocycles. The molecule has 53 heavy (non-hydrogen) atoms. The first-order chi connectivity index (χ1) is 25.5. The van der Waals surface area contributed by atoms with Gasteiger partial charge in [-0.15, -0.1) is 22.7 Å². The first kappa shape index (κ1) is 39.8. The average molecular weight is 767 g/mol. The van der Waals surface area contributed by atoms with Crippen LogP contribution in [0, 0.1) is 0 Å². The van der Waals surface area contributed by atoms with Gasteiger partial charge in [-0.25, -0.2) is 24.2 Å². The summed E-state index contributed by atoms with van der Waals surface area (Å²) in [5, 5.41) is 11.5. The molecule has 0 aliphatic rings. The van der Waals surface area contributed by atoms with Gasteiger partial charge in [0.25, 0.3) is 0 Å². The molecule has 0 saturated heterocycles. The number of aromatic nitrogens is 1. The number of rotatable bonds is 13. The fourth-order valence-corrected chi connectivity index (χ4v) is 6.20. The third-order valence-corrected chi connectivity index (χ3v) is 8.85. The number of esters is 1. The van der Waals surface area contributed by atoms with Crippen LogP contribution in [0.5, 0.6) is 11.5 Å². The SMILES string of the molecule is CCOC(=O)c1c(OC)csc1NC(=O)[C@H](C)NC(=O)OCc1ccccc1.COc1csc2nc([C@H](C)NC(=O)OCc3ccccc3)oc(=O)c12. The van der Waals surface area contributed by atoms with Gasteiger partial charge in [0.15, 0.2) is 0 Å². The molecule has 0 bridgehead atoms. The fourth-order valence-electron chi connectivity index (χ4n) is 4.42. The van der Waals surface area contributed by atoms with Crippen molar-refractivity contribution < 1.29 is 47.3 Å². The molecule has 5 rings (SSSR count). The molecule has 5 aromatic rings. The number of anilines is 1. The average Bonchev–Trinajstić information content (AvgIpc) is 3.78. The van der Waals surface area contributed by atoms with Gasteiger partial charge in [-0.1, -0.05) is 60.7 Å². The number of nitrogens with zero attached hydrogens (tertiary/aromatic N) is 1. The van der Waals surface area contributed by atoms with Crippen LogP contribution in [0.3, 0.4) is 0 Å². The minimum absolute atomic E-state index is 0.0934. The third kappa shape index (κ3) is 11.3. The van der Waals surface area contributed by atoms with Gasteiger partial charge in [0.1, 0.15) is 57.6 Å². The maximum atomic E-state index is 12.4. The molecule has 0 radical (unpaired) electrons. The molecule has 3 amide bonds. The van der Waals surface area contributed by atoms with E-state index in [1.54, 1.807) is 24.6 Å². The predicted molar refractivity (Wildman–Crippen MR) is 198 cm³/mol. The summed E-state index contributed by atoms with van der Waals surface area (Å²) in [5.41, 5.74) is 1.30. The highest BCUT2D eigenvalue weighted by atomic mass is 32.1. The Morgan fingerprint density at radius 3 is 1.92 bits per heavy atom. The van der Waals surface area contributed by atoms with E-state index in [1.807, 2.05) is 60.7 Å². The molecule has 0 fully saturated rings. The van der Waals surface area contributed by atoms with E-state index in [0.717, 1.165) is 22.5 Å². The Morgan fingerprint density at radius 1 is 0.792 bits per heavy atom. The van der Waals surface area contributed by atoms with E-state index in [2.05, 4.69) is 20.9 Å². The van der Waals surface area contributed by atoms with Crippen molar-refractivity contribution in [2.45, 2.75) is 46.1 Å². The summed E-state index contributed by atoms with van der Waals surface area (Å²) in [5.74, 6) is -0.263. The number of hydrogen-bond donors (Lipinski definition) is 3. The molecule has 3 heterocycles. The molecule has 280 valence electrons. The van der Waals surface area contributed by atoms with Crippen molar-refractivity contribution in [2.75, 3.05) is 26.1 Å². The van der Waals surface area contributed by atoms with Crippen molar-refractivity contribution in [3.05, 3.63) is 104 Å². The number of amides is 3. The van der Waals surface area contributed by atoms with Crippen LogP contribution in [-0.4, -0.2) is 55.9 Å². The zero-order valence-corrected chi connectivity index (χ0v) is 31.1. The van der Waals surface area contributed by atoms with Crippen LogP contribution in [-0.2, 0) is 32.2 Å². The lowest BCUT2D eigenvalue weighted by molar-refractivity contribution is -0.117. The molecule has 0 aliphatic heterocycles. The van der Waals surface area contributed by atoms with Gasteiger partial charge in [-0.05, 0) is 31.9 Å². The van der Waals surface area contributed by atoms with Crippen molar-refractivity contribution in [1.82, 2.24) is 15.6 Å². The van der Waals surface area contributed by atoms with E-state index in [4.69, 9.17) is 28.1 Å². The number of carbonyl (C=O) groups excluding carboxylic acids is 4. The lowest BCUT2D eigenvalue weighted by Gasteiger charge is -2.14. The van der Waals surface area contributed by atoms with Crippen LogP contribution in [0.15, 0.2) is 80.6 Å². The third-order valence-electron chi connectivity index (χ3n) is 7.12. The minimum Gasteiger partial charge on any atom is -0.495 e. The van der Waals surface area contributed by atoms with Crippen LogP contribution in [0.4, 0.5) is 14.6 Å². The molecule has 0 unspecified atom stereocenters. The van der Waals surface area contributed by atoms with Crippen molar-refractivity contribution in [1.29, 1.82) is 0 Å². The van der Waals surface area contributed by atoms with Gasteiger partial charge in [0.05, 0.1) is 20.8 Å². The summed E-state index contributed by atoms with van der Waals surface area (Å²) >= 11 is 2.40. The quantitative estimate of drug-likeness (QED) is 0.0880. The highest BCUT2D eigenvalue weighted by molar-refractivity contribution is 7.17. The summed E-state index contributed by atoms with van der Waals surface area (Å²) in [4.78, 5) is 65.2. The lowest BCUT2D eigenvalue weighted by atomic mass is 10.2. The molecule has 0 saturated carbocycles. The number of benzene rings is 2. The summed E-state index contributed by atoms with van der Waals surface area (Å²) in [6.45, 7) is 5.28. The zero-order chi connectivity index (χ0) is 38.3. The number of hydrogen-bond acceptors (Lipinski definition) is 14. The Kier molecular flexibility index (Phi) is 14.7. The summed E-state index contributed by atoms with van der Waals surface area (Å²) < 4.78 is 30.7. The Hall–Kier alpha value is -5.94. The highest BCUT2D eigenvalue weighted by Gasteiger charge is 2.25. The van der Waals surface area contributed by atoms with Crippen molar-refractivity contribution in [3.63, 3.8) is 0 Å². The van der Waals surface area contributed by atoms with Gasteiger partial charge in [0.2, 0.25) is 11.8 Å². The normalized spacial score (nSPS) is 11.6. The van der Waals surface area contributed by atoms with E-state index in [-0.39, 0.29) is 36.3 Å². The second kappa shape index (κ2) is 19.6. The summed E-state index contributed by atoms with van der Waals surface area (Å²) in [6, 6.07) is 17.0. The monoisotopic (exact) mass is 766 g/mol. The van der Waals surface area contributed by atoms with Gasteiger partial charge in [-0.2, -0.15) is 0 Å². The van der Waals surface area contributed by atoms with E-state index in [0.29, 0.717) is 21.7 Å². The van der Waals surface area contributed by atoms with Gasteiger partial charge in [-0.3, -0.25) is 4.79 Å². The number of nitrogens with one attached hydrogen (secondary N) is 3. The van der Waals surface area contributed by atoms with Gasteiger partial charge in [0, 0.05) is 10.8 Å². The second-order valence-corrected chi connectivity index (χ2v) is 12.6. The smallest absolute Gasteiger partial charge is 0.408 e. The molecular formula is C36H38N4O11S2. The zero-order valence-electron chi connectivity index (χ0n) is 29.5. The summed E-state index contributed by atoms with van der Waals surface area (Å²) in [6.07, 6.45) is -1.34. The number of carbonyl (C=O) groups is 4. The maximum absolute atomic E-state index is 12.4. The summed E-state index contributed by atoms with van der Waals surface area (Å²) in [7, 11) is 2.89. The van der Waals surface area contributed by atoms with Crippen LogP contribution < -0.4 is 31.0 Å². The number of ether oxygens (including phenoxy) is 5. The number of fused-ring (bicyclic) bond motifs is 1. The van der Waals surface area contributed by atoms with E-state index >= 15 is 0 Å². The molecule has 2 aromatic carbocycles. The van der Waals surface area contributed by atoms with Gasteiger partial charge >= 0.3 is 23.8 Å². The van der Waals surface area contributed by atoms with Crippen LogP contribution in [0.25, 0.3) is 10.2 Å². The lowest BCUT2D eigenvalue weighted by Crippen LogP contribution is -2.41. The van der Waals surface area contributed by atoms with E-state index in [9.17, 15) is 24.0 Å². The maximum Gasteiger partial charge on any atom is 0.408 e. The standard InChI is InChI=1S/C19H22N2O6S.C17H16N2O5S/c1-4-26-18(23)15-14(25-3)11-28-17(15)21-16(22)12(2)20-19(24)27-10-13-8-6-5-7-9-13;1-10(18-17(21)23-8-11-6-4-3-5-7-11)14-19-15-13(16(20)24-14)12(22-2)9-25-15/h5-9,11-12H,4,10H2,1-3H3,(H,20,24)(H,21,22);3-7,9-10H,8H2,1-2H3,(H,18,21)/t12-;10-/m00/s1. The molecule has 0 aliphatic carbocycles. The van der Waals surface area contributed by atoms with Crippen LogP contribution in [0.2, 0.25) is 0 Å². The number of methoxy groups -OCH3 is 2. The fraction of sp³-hybridized carbons (Fsp3) is 0.278. The molecule has 0 spiro atoms. The van der Waals surface area contributed by atoms with Gasteiger partial charge < -0.3 is 44.1 Å². The predicted octanol–water partition coefficient (Wildman–Crippen LogP) is 6.43. The highest BCUT2D eigenvalue weighted by Crippen LogP contribution is 2.35. The topological polar surface area (TPSA) is 194 Å². The Labute approximate surface area is 312 Å². The number of thiophene rings is 2. The number of alkyl carbamates (subject to hydrolysis) is 2. The second-order valence-electron chi connectivity index (χ2n) is 10.9. The first-order valence-corrected chi connectivity index (χ1v) is 17.8. The van der Waals surface area contributed by atoms with Crippen molar-refractivity contribution in [2.24, 2.45) is 0 Å². The Balaban J connectivity index is 0.000000238. The Morgan fingerprint density at radius 2 is 1.36 bits per heavy atom. The van der Waals surface area contributed by atoms with E-state index < -0.39 is 41.8 Å². The molecular weight excluding hydrogens is 729 g/mol. The molecule has 15 nitrogen and oxygen atoms in total. The van der Waals surface area contributed by atoms with E-state index in [1.165, 1.54) is 32.5 Å². The van der Waals surface area contributed by atoms with Crippen molar-refractivity contribution >= 4 is 62.0 Å². The van der Waals surface area contributed by atoms with Crippen molar-refractivity contribution in [3.8, 4) is 11.5 Å². The Bertz CT molecular complexity index is 2050. The minimum atomic E-state index is -0.883. The molecule has 2 atom stereocenters. The largest absolute Gasteiger partial charge is 0.495 e. The molecule has 3 N–H and O–H groups in total. The molecule has 17 heteroatoms.